The van der Waals surface area contributed by atoms with Crippen LogP contribution in [0.2, 0.25) is 0 Å². The van der Waals surface area contributed by atoms with E-state index in [9.17, 15) is 4.57 Å². The molecule has 0 radical (unpaired) electrons. The monoisotopic (exact) mass is 733 g/mol. The minimum absolute atomic E-state index is 0.362. The Bertz CT molecular complexity index is 746. The van der Waals surface area contributed by atoms with Crippen LogP contribution < -0.4 is 0 Å². The van der Waals surface area contributed by atoms with E-state index < -0.39 is 16.2 Å². The molecule has 8 heteroatoms. The second-order valence-corrected chi connectivity index (χ2v) is 19.0. The lowest BCUT2D eigenvalue weighted by atomic mass is 9.93. The fourth-order valence-corrected chi connectivity index (χ4v) is 10.2. The van der Waals surface area contributed by atoms with Crippen molar-refractivity contribution in [2.75, 3.05) is 39.2 Å². The molecule has 292 valence electrons. The summed E-state index contributed by atoms with van der Waals surface area (Å²) < 4.78 is 42.6. The van der Waals surface area contributed by atoms with Crippen molar-refractivity contribution in [3.63, 3.8) is 0 Å². The summed E-state index contributed by atoms with van der Waals surface area (Å²) >= 11 is 0. The first kappa shape index (κ1) is 45.6. The highest BCUT2D eigenvalue weighted by atomic mass is 31.2. The van der Waals surface area contributed by atoms with Gasteiger partial charge in [0.25, 0.3) is 0 Å². The summed E-state index contributed by atoms with van der Waals surface area (Å²) in [6.07, 6.45) is 43.7. The average molecular weight is 733 g/mol. The summed E-state index contributed by atoms with van der Waals surface area (Å²) in [5, 5.41) is 0. The van der Waals surface area contributed by atoms with Gasteiger partial charge in [0.1, 0.15) is 0 Å². The Morgan fingerprint density at radius 3 is 1.10 bits per heavy atom. The normalized spacial score (nSPS) is 22.7. The van der Waals surface area contributed by atoms with Crippen LogP contribution in [-0.4, -0.2) is 39.2 Å². The van der Waals surface area contributed by atoms with Crippen LogP contribution in [0, 0.1) is 5.41 Å². The summed E-state index contributed by atoms with van der Waals surface area (Å²) in [6, 6.07) is 0. The van der Waals surface area contributed by atoms with Crippen molar-refractivity contribution in [3.05, 3.63) is 0 Å². The van der Waals surface area contributed by atoms with Gasteiger partial charge < -0.3 is 22.6 Å². The summed E-state index contributed by atoms with van der Waals surface area (Å²) in [4.78, 5) is 0. The van der Waals surface area contributed by atoms with Crippen LogP contribution in [0.1, 0.15) is 219 Å². The Labute approximate surface area is 306 Å². The maximum absolute atomic E-state index is 13.1. The van der Waals surface area contributed by atoms with Crippen molar-refractivity contribution in [1.29, 1.82) is 0 Å². The highest BCUT2D eigenvalue weighted by Crippen LogP contribution is 2.57. The van der Waals surface area contributed by atoms with Gasteiger partial charge in [0.2, 0.25) is 0 Å². The van der Waals surface area contributed by atoms with E-state index in [4.69, 9.17) is 22.6 Å². The number of rotatable bonds is 35. The fraction of sp³-hybridized carbons (Fsp3) is 1.00. The highest BCUT2D eigenvalue weighted by molar-refractivity contribution is 7.53. The fourth-order valence-electron chi connectivity index (χ4n) is 7.02. The summed E-state index contributed by atoms with van der Waals surface area (Å²) in [7, 11) is -4.29. The van der Waals surface area contributed by atoms with E-state index in [0.29, 0.717) is 39.2 Å². The van der Waals surface area contributed by atoms with Gasteiger partial charge in [-0.3, -0.25) is 4.57 Å². The molecule has 1 spiro atoms. The smallest absolute Gasteiger partial charge is 0.312 e. The third kappa shape index (κ3) is 25.2. The van der Waals surface area contributed by atoms with Gasteiger partial charge in [0.05, 0.1) is 44.6 Å². The molecule has 2 fully saturated rings. The molecule has 2 aliphatic rings. The lowest BCUT2D eigenvalue weighted by Crippen LogP contribution is -2.45. The van der Waals surface area contributed by atoms with E-state index in [1.54, 1.807) is 0 Å². The molecule has 0 aromatic heterocycles. The number of unbranched alkanes of at least 4 members (excludes halogenated alkanes) is 30. The molecule has 0 saturated carbocycles. The van der Waals surface area contributed by atoms with Gasteiger partial charge in [-0.25, -0.2) is 0 Å². The van der Waals surface area contributed by atoms with E-state index in [0.717, 1.165) is 19.3 Å². The van der Waals surface area contributed by atoms with Gasteiger partial charge in [0, 0.05) is 0 Å². The highest BCUT2D eigenvalue weighted by Gasteiger charge is 2.46. The molecule has 2 heterocycles. The number of hydrogen-bond donors (Lipinski definition) is 0. The Balaban J connectivity index is 1.32. The maximum Gasteiger partial charge on any atom is 0.332 e. The second kappa shape index (κ2) is 31.9. The predicted octanol–water partition coefficient (Wildman–Crippen LogP) is 15.0. The zero-order chi connectivity index (χ0) is 35.0. The number of hydrogen-bond acceptors (Lipinski definition) is 6. The maximum atomic E-state index is 13.1. The topological polar surface area (TPSA) is 63.2 Å². The molecule has 2 rings (SSSR count). The molecule has 6 nitrogen and oxygen atoms in total. The van der Waals surface area contributed by atoms with Crippen molar-refractivity contribution in [2.24, 2.45) is 5.41 Å². The first-order valence-electron chi connectivity index (χ1n) is 21.7. The van der Waals surface area contributed by atoms with Gasteiger partial charge in [-0.1, -0.05) is 206 Å². The third-order valence-electron chi connectivity index (χ3n) is 10.6. The second-order valence-electron chi connectivity index (χ2n) is 15.6. The first-order chi connectivity index (χ1) is 24.1. The van der Waals surface area contributed by atoms with Gasteiger partial charge in [0.15, 0.2) is 0 Å². The molecule has 0 amide bonds. The van der Waals surface area contributed by atoms with Crippen molar-refractivity contribution in [2.45, 2.75) is 219 Å². The van der Waals surface area contributed by atoms with E-state index in [1.165, 1.54) is 186 Å². The zero-order valence-corrected chi connectivity index (χ0v) is 34.5. The molecular weight excluding hydrogens is 650 g/mol. The molecule has 0 N–H and O–H groups in total. The summed E-state index contributed by atoms with van der Waals surface area (Å²) in [6.45, 7) is 6.99. The Hall–Kier alpha value is 0.460. The Morgan fingerprint density at radius 2 is 0.755 bits per heavy atom. The molecule has 2 saturated heterocycles. The lowest BCUT2D eigenvalue weighted by molar-refractivity contribution is -0.0724. The minimum Gasteiger partial charge on any atom is -0.312 e. The van der Waals surface area contributed by atoms with Gasteiger partial charge in [-0.15, -0.1) is 0 Å². The van der Waals surface area contributed by atoms with Crippen LogP contribution in [0.15, 0.2) is 0 Å². The van der Waals surface area contributed by atoms with Crippen LogP contribution >= 0.6 is 16.2 Å². The van der Waals surface area contributed by atoms with E-state index in [-0.39, 0.29) is 5.41 Å². The molecule has 0 aromatic carbocycles. The predicted molar refractivity (Wildman–Crippen MR) is 211 cm³/mol. The largest absolute Gasteiger partial charge is 0.332 e. The first-order valence-corrected chi connectivity index (χ1v) is 24.5. The SMILES string of the molecule is CCCCCCCCCCCCCCCCCCOP1OCC2(CO1)COP(=O)(CCCCCCCCCCCCCCCCCC)OC2. The van der Waals surface area contributed by atoms with Crippen LogP contribution in [0.25, 0.3) is 0 Å². The Morgan fingerprint density at radius 1 is 0.449 bits per heavy atom. The van der Waals surface area contributed by atoms with Crippen molar-refractivity contribution in [1.82, 2.24) is 0 Å². The molecule has 2 aliphatic heterocycles. The molecule has 0 bridgehead atoms. The van der Waals surface area contributed by atoms with Crippen molar-refractivity contribution in [3.8, 4) is 0 Å². The molecule has 0 aromatic rings. The van der Waals surface area contributed by atoms with Crippen LogP contribution in [0.4, 0.5) is 0 Å². The lowest BCUT2D eigenvalue weighted by Gasteiger charge is -2.42. The van der Waals surface area contributed by atoms with Gasteiger partial charge in [-0.2, -0.15) is 0 Å². The van der Waals surface area contributed by atoms with Crippen LogP contribution in [0.5, 0.6) is 0 Å². The van der Waals surface area contributed by atoms with E-state index in [2.05, 4.69) is 13.8 Å². The van der Waals surface area contributed by atoms with E-state index in [1.807, 2.05) is 0 Å². The van der Waals surface area contributed by atoms with Crippen molar-refractivity contribution < 1.29 is 27.2 Å². The van der Waals surface area contributed by atoms with E-state index >= 15 is 0 Å². The zero-order valence-electron chi connectivity index (χ0n) is 32.7. The minimum atomic E-state index is -2.99. The quantitative estimate of drug-likeness (QED) is 0.0477. The average Bonchev–Trinajstić information content (AvgIpc) is 3.12. The van der Waals surface area contributed by atoms with Crippen LogP contribution in [0.3, 0.4) is 0 Å². The molecule has 49 heavy (non-hydrogen) atoms. The van der Waals surface area contributed by atoms with Gasteiger partial charge in [-0.05, 0) is 12.8 Å². The Kier molecular flexibility index (Phi) is 29.7. The molecule has 0 aliphatic carbocycles. The summed E-state index contributed by atoms with van der Waals surface area (Å²) in [5.74, 6) is 0. The summed E-state index contributed by atoms with van der Waals surface area (Å²) in [5.41, 5.74) is -0.362. The van der Waals surface area contributed by atoms with Crippen molar-refractivity contribution >= 4 is 16.2 Å². The van der Waals surface area contributed by atoms with Crippen LogP contribution in [-0.2, 0) is 27.2 Å². The van der Waals surface area contributed by atoms with Gasteiger partial charge >= 0.3 is 16.2 Å². The third-order valence-corrected chi connectivity index (χ3v) is 13.5. The molecule has 0 atom stereocenters. The standard InChI is InChI=1S/C41H82O6P2/c1-3-5-7-9-11-13-15-17-19-21-23-25-27-29-31-33-35-43-48-44-37-41(38-45-48)39-46-49(42,47-40-41)36-34-32-30-28-26-24-22-20-18-16-14-12-10-8-6-4-2/h3-40H2,1-2H3. The molecular formula is C41H82O6P2. The molecule has 0 unspecified atom stereocenters.